The molecule has 0 saturated carbocycles. The van der Waals surface area contributed by atoms with Crippen LogP contribution in [0.5, 0.6) is 0 Å². The normalized spacial score (nSPS) is 16.6. The van der Waals surface area contributed by atoms with Gasteiger partial charge in [-0.15, -0.1) is 0 Å². The largest absolute Gasteiger partial charge is 0.465 e. The zero-order chi connectivity index (χ0) is 16.2. The second kappa shape index (κ2) is 7.06. The van der Waals surface area contributed by atoms with E-state index < -0.39 is 0 Å². The second-order valence-corrected chi connectivity index (χ2v) is 5.91. The molecule has 1 aromatic heterocycles. The first-order valence-electron chi connectivity index (χ1n) is 8.12. The van der Waals surface area contributed by atoms with E-state index in [9.17, 15) is 4.79 Å². The average molecular weight is 313 g/mol. The van der Waals surface area contributed by atoms with Crippen LogP contribution in [0.3, 0.4) is 0 Å². The lowest BCUT2D eigenvalue weighted by atomic mass is 10.1. The molecule has 0 amide bonds. The Hall–Kier alpha value is -1.98. The molecule has 5 nitrogen and oxygen atoms in total. The first-order valence-corrected chi connectivity index (χ1v) is 8.12. The van der Waals surface area contributed by atoms with Gasteiger partial charge in [-0.25, -0.2) is 4.79 Å². The molecule has 122 valence electrons. The van der Waals surface area contributed by atoms with E-state index in [1.165, 1.54) is 7.11 Å². The van der Waals surface area contributed by atoms with Gasteiger partial charge in [-0.05, 0) is 30.8 Å². The third kappa shape index (κ3) is 3.68. The molecule has 1 aromatic carbocycles. The van der Waals surface area contributed by atoms with E-state index in [0.717, 1.165) is 55.9 Å². The van der Waals surface area contributed by atoms with Crippen LogP contribution in [0.2, 0.25) is 0 Å². The van der Waals surface area contributed by atoms with Crippen molar-refractivity contribution in [1.82, 2.24) is 14.8 Å². The molecule has 3 rings (SSSR count). The lowest BCUT2D eigenvalue weighted by Crippen LogP contribution is -2.45. The Kier molecular flexibility index (Phi) is 4.88. The summed E-state index contributed by atoms with van der Waals surface area (Å²) in [6.07, 6.45) is 0. The van der Waals surface area contributed by atoms with Gasteiger partial charge in [0.25, 0.3) is 0 Å². The van der Waals surface area contributed by atoms with Crippen LogP contribution in [-0.4, -0.2) is 60.6 Å². The van der Waals surface area contributed by atoms with Crippen LogP contribution in [0.4, 0.5) is 0 Å². The number of carbonyl (C=O) groups is 1. The van der Waals surface area contributed by atoms with Crippen LogP contribution in [0, 0.1) is 0 Å². The van der Waals surface area contributed by atoms with Crippen molar-refractivity contribution in [1.29, 1.82) is 0 Å². The molecule has 1 aliphatic rings. The number of pyridine rings is 1. The van der Waals surface area contributed by atoms with Crippen molar-refractivity contribution in [3.8, 4) is 0 Å². The molecule has 1 fully saturated rings. The fourth-order valence-corrected chi connectivity index (χ4v) is 2.99. The van der Waals surface area contributed by atoms with Crippen LogP contribution in [0.1, 0.15) is 23.0 Å². The summed E-state index contributed by atoms with van der Waals surface area (Å²) in [6, 6.07) is 9.57. The minimum atomic E-state index is -0.315. The average Bonchev–Trinajstić information content (AvgIpc) is 2.61. The van der Waals surface area contributed by atoms with E-state index in [0.29, 0.717) is 5.56 Å². The summed E-state index contributed by atoms with van der Waals surface area (Å²) in [7, 11) is 1.40. The minimum absolute atomic E-state index is 0.315. The molecule has 5 heteroatoms. The number of nitrogens with zero attached hydrogens (tertiary/aromatic N) is 3. The van der Waals surface area contributed by atoms with Crippen LogP contribution < -0.4 is 0 Å². The molecule has 1 saturated heterocycles. The summed E-state index contributed by atoms with van der Waals surface area (Å²) in [4.78, 5) is 21.2. The minimum Gasteiger partial charge on any atom is -0.465 e. The van der Waals surface area contributed by atoms with E-state index in [1.54, 1.807) is 6.07 Å². The summed E-state index contributed by atoms with van der Waals surface area (Å²) in [5, 5.41) is 0.965. The number of methoxy groups -OCH3 is 1. The maximum atomic E-state index is 11.6. The van der Waals surface area contributed by atoms with Gasteiger partial charge in [0.2, 0.25) is 0 Å². The molecule has 0 spiro atoms. The predicted molar refractivity (Wildman–Crippen MR) is 90.5 cm³/mol. The quantitative estimate of drug-likeness (QED) is 0.810. The van der Waals surface area contributed by atoms with Gasteiger partial charge in [-0.1, -0.05) is 13.0 Å². The molecule has 2 aromatic rings. The number of fused-ring (bicyclic) bond motifs is 1. The predicted octanol–water partition coefficient (Wildman–Crippen LogP) is 2.16. The van der Waals surface area contributed by atoms with Gasteiger partial charge in [0, 0.05) is 38.1 Å². The molecule has 0 aliphatic carbocycles. The van der Waals surface area contributed by atoms with E-state index in [1.807, 2.05) is 18.2 Å². The number of aromatic nitrogens is 1. The van der Waals surface area contributed by atoms with Crippen molar-refractivity contribution >= 4 is 16.9 Å². The fourth-order valence-electron chi connectivity index (χ4n) is 2.99. The van der Waals surface area contributed by atoms with Crippen molar-refractivity contribution in [3.63, 3.8) is 0 Å². The Labute approximate surface area is 136 Å². The molecule has 2 heterocycles. The highest BCUT2D eigenvalue weighted by atomic mass is 16.5. The monoisotopic (exact) mass is 313 g/mol. The Bertz CT molecular complexity index is 694. The Balaban J connectivity index is 1.72. The van der Waals surface area contributed by atoms with E-state index >= 15 is 0 Å². The second-order valence-electron chi connectivity index (χ2n) is 5.91. The van der Waals surface area contributed by atoms with Crippen LogP contribution >= 0.6 is 0 Å². The first-order chi connectivity index (χ1) is 11.2. The van der Waals surface area contributed by atoms with Gasteiger partial charge in [0.1, 0.15) is 0 Å². The van der Waals surface area contributed by atoms with Gasteiger partial charge in [-0.3, -0.25) is 9.88 Å². The van der Waals surface area contributed by atoms with Gasteiger partial charge in [0.05, 0.1) is 23.9 Å². The van der Waals surface area contributed by atoms with Gasteiger partial charge in [-0.2, -0.15) is 0 Å². The Morgan fingerprint density at radius 2 is 1.87 bits per heavy atom. The van der Waals surface area contributed by atoms with Gasteiger partial charge < -0.3 is 9.64 Å². The van der Waals surface area contributed by atoms with E-state index in [-0.39, 0.29) is 5.97 Å². The van der Waals surface area contributed by atoms with Gasteiger partial charge >= 0.3 is 5.97 Å². The molecule has 0 radical (unpaired) electrons. The Morgan fingerprint density at radius 1 is 1.13 bits per heavy atom. The first kappa shape index (κ1) is 15.9. The standard InChI is InChI=1S/C18H23N3O2/c1-3-20-8-10-21(11-9-20)13-16-6-4-14-12-15(18(22)23-2)5-7-17(14)19-16/h4-7,12H,3,8-11,13H2,1-2H3. The van der Waals surface area contributed by atoms with Crippen LogP contribution in [0.15, 0.2) is 30.3 Å². The van der Waals surface area contributed by atoms with Crippen LogP contribution in [-0.2, 0) is 11.3 Å². The number of ether oxygens (including phenoxy) is 1. The number of hydrogen-bond acceptors (Lipinski definition) is 5. The fraction of sp³-hybridized carbons (Fsp3) is 0.444. The van der Waals surface area contributed by atoms with Crippen LogP contribution in [0.25, 0.3) is 10.9 Å². The third-order valence-corrected chi connectivity index (χ3v) is 4.47. The van der Waals surface area contributed by atoms with E-state index in [4.69, 9.17) is 9.72 Å². The zero-order valence-corrected chi connectivity index (χ0v) is 13.8. The molecular weight excluding hydrogens is 290 g/mol. The lowest BCUT2D eigenvalue weighted by molar-refractivity contribution is 0.0601. The third-order valence-electron chi connectivity index (χ3n) is 4.47. The number of rotatable bonds is 4. The topological polar surface area (TPSA) is 45.7 Å². The highest BCUT2D eigenvalue weighted by molar-refractivity contribution is 5.94. The summed E-state index contributed by atoms with van der Waals surface area (Å²) < 4.78 is 4.76. The summed E-state index contributed by atoms with van der Waals surface area (Å²) >= 11 is 0. The molecular formula is C18H23N3O2. The van der Waals surface area contributed by atoms with Crippen molar-refractivity contribution < 1.29 is 9.53 Å². The van der Waals surface area contributed by atoms with Crippen molar-refractivity contribution in [3.05, 3.63) is 41.6 Å². The molecule has 0 unspecified atom stereocenters. The van der Waals surface area contributed by atoms with Crippen molar-refractivity contribution in [2.45, 2.75) is 13.5 Å². The van der Waals surface area contributed by atoms with Crippen molar-refractivity contribution in [2.24, 2.45) is 0 Å². The highest BCUT2D eigenvalue weighted by Gasteiger charge is 2.16. The zero-order valence-electron chi connectivity index (χ0n) is 13.8. The summed E-state index contributed by atoms with van der Waals surface area (Å²) in [5.41, 5.74) is 2.56. The number of benzene rings is 1. The Morgan fingerprint density at radius 3 is 2.57 bits per heavy atom. The van der Waals surface area contributed by atoms with Gasteiger partial charge in [0.15, 0.2) is 0 Å². The molecule has 23 heavy (non-hydrogen) atoms. The number of carbonyl (C=O) groups excluding carboxylic acids is 1. The molecule has 1 aliphatic heterocycles. The number of hydrogen-bond donors (Lipinski definition) is 0. The van der Waals surface area contributed by atoms with Crippen molar-refractivity contribution in [2.75, 3.05) is 39.8 Å². The maximum absolute atomic E-state index is 11.6. The summed E-state index contributed by atoms with van der Waals surface area (Å²) in [6.45, 7) is 8.67. The smallest absolute Gasteiger partial charge is 0.337 e. The molecule has 0 N–H and O–H groups in total. The summed E-state index contributed by atoms with van der Waals surface area (Å²) in [5.74, 6) is -0.315. The number of esters is 1. The number of piperazine rings is 1. The van der Waals surface area contributed by atoms with E-state index in [2.05, 4.69) is 22.8 Å². The SMILES string of the molecule is CCN1CCN(Cc2ccc3cc(C(=O)OC)ccc3n2)CC1. The molecule has 0 atom stereocenters. The highest BCUT2D eigenvalue weighted by Crippen LogP contribution is 2.17. The maximum Gasteiger partial charge on any atom is 0.337 e. The number of likely N-dealkylation sites (N-methyl/N-ethyl adjacent to an activating group) is 1. The molecule has 0 bridgehead atoms. The lowest BCUT2D eigenvalue weighted by Gasteiger charge is -2.33.